The van der Waals surface area contributed by atoms with E-state index in [9.17, 15) is 14.9 Å². The third kappa shape index (κ3) is 3.92. The van der Waals surface area contributed by atoms with Crippen molar-refractivity contribution >= 4 is 34.8 Å². The standard InChI is InChI=1S/C15H15Cl2N5O3/c16-11-6-10(22(24)25)7-12(17)14(11)21-5-3-13(20-21)15(23)19-9-2-1-4-18-8-9/h3,5-7,9,18H,1-2,4,8H2,(H,19,23)/t9-/m0/s1. The van der Waals surface area contributed by atoms with Gasteiger partial charge in [0, 0.05) is 30.9 Å². The fourth-order valence-corrected chi connectivity index (χ4v) is 3.33. The van der Waals surface area contributed by atoms with Crippen LogP contribution in [0.2, 0.25) is 10.0 Å². The summed E-state index contributed by atoms with van der Waals surface area (Å²) in [6.07, 6.45) is 3.46. The molecular weight excluding hydrogens is 369 g/mol. The lowest BCUT2D eigenvalue weighted by molar-refractivity contribution is -0.384. The Morgan fingerprint density at radius 2 is 2.12 bits per heavy atom. The third-order valence-corrected chi connectivity index (χ3v) is 4.47. The van der Waals surface area contributed by atoms with Crippen molar-refractivity contribution in [2.24, 2.45) is 0 Å². The van der Waals surface area contributed by atoms with Gasteiger partial charge < -0.3 is 10.6 Å². The van der Waals surface area contributed by atoms with Gasteiger partial charge in [0.1, 0.15) is 5.69 Å². The number of aromatic nitrogens is 2. The summed E-state index contributed by atoms with van der Waals surface area (Å²) in [7, 11) is 0. The number of piperidine rings is 1. The Hall–Kier alpha value is -2.16. The minimum Gasteiger partial charge on any atom is -0.347 e. The van der Waals surface area contributed by atoms with Gasteiger partial charge in [-0.1, -0.05) is 23.2 Å². The molecule has 1 amide bonds. The first kappa shape index (κ1) is 17.7. The molecule has 8 nitrogen and oxygen atoms in total. The number of hydrogen-bond acceptors (Lipinski definition) is 5. The van der Waals surface area contributed by atoms with Gasteiger partial charge in [-0.2, -0.15) is 5.10 Å². The van der Waals surface area contributed by atoms with Crippen LogP contribution >= 0.6 is 23.2 Å². The van der Waals surface area contributed by atoms with Crippen LogP contribution in [0.3, 0.4) is 0 Å². The van der Waals surface area contributed by atoms with Crippen molar-refractivity contribution < 1.29 is 9.72 Å². The number of nitrogens with zero attached hydrogens (tertiary/aromatic N) is 3. The fraction of sp³-hybridized carbons (Fsp3) is 0.333. The summed E-state index contributed by atoms with van der Waals surface area (Å²) in [5, 5.41) is 21.3. The molecule has 3 rings (SSSR count). The third-order valence-electron chi connectivity index (χ3n) is 3.90. The number of rotatable bonds is 4. The smallest absolute Gasteiger partial charge is 0.272 e. The van der Waals surface area contributed by atoms with Crippen LogP contribution in [0.5, 0.6) is 0 Å². The van der Waals surface area contributed by atoms with Crippen LogP contribution in [0.25, 0.3) is 5.69 Å². The first-order valence-corrected chi connectivity index (χ1v) is 8.42. The molecule has 0 radical (unpaired) electrons. The molecule has 0 unspecified atom stereocenters. The molecular formula is C15H15Cl2N5O3. The molecule has 1 fully saturated rings. The molecule has 0 bridgehead atoms. The van der Waals surface area contributed by atoms with E-state index in [4.69, 9.17) is 23.2 Å². The lowest BCUT2D eigenvalue weighted by atomic mass is 10.1. The van der Waals surface area contributed by atoms with E-state index in [2.05, 4.69) is 15.7 Å². The van der Waals surface area contributed by atoms with Gasteiger partial charge >= 0.3 is 0 Å². The van der Waals surface area contributed by atoms with Crippen LogP contribution in [0.15, 0.2) is 24.4 Å². The van der Waals surface area contributed by atoms with E-state index in [1.54, 1.807) is 6.07 Å². The van der Waals surface area contributed by atoms with E-state index in [0.29, 0.717) is 0 Å². The number of carbonyl (C=O) groups is 1. The molecule has 1 aromatic heterocycles. The summed E-state index contributed by atoms with van der Waals surface area (Å²) in [4.78, 5) is 22.6. The Bertz CT molecular complexity index is 794. The van der Waals surface area contributed by atoms with Crippen LogP contribution in [0.1, 0.15) is 23.3 Å². The molecule has 0 aliphatic carbocycles. The lowest BCUT2D eigenvalue weighted by Gasteiger charge is -2.23. The molecule has 1 aliphatic rings. The zero-order valence-corrected chi connectivity index (χ0v) is 14.5. The average molecular weight is 384 g/mol. The molecule has 10 heteroatoms. The highest BCUT2D eigenvalue weighted by molar-refractivity contribution is 6.38. The largest absolute Gasteiger partial charge is 0.347 e. The number of amides is 1. The van der Waals surface area contributed by atoms with Gasteiger partial charge in [-0.25, -0.2) is 4.68 Å². The molecule has 0 spiro atoms. The SMILES string of the molecule is O=C(N[C@H]1CCCNC1)c1ccn(-c2c(Cl)cc([N+](=O)[O-])cc2Cl)n1. The highest BCUT2D eigenvalue weighted by Gasteiger charge is 2.20. The topological polar surface area (TPSA) is 102 Å². The minimum absolute atomic E-state index is 0.0675. The van der Waals surface area contributed by atoms with Gasteiger partial charge in [0.15, 0.2) is 5.69 Å². The van der Waals surface area contributed by atoms with Crippen LogP contribution < -0.4 is 10.6 Å². The zero-order valence-electron chi connectivity index (χ0n) is 13.0. The summed E-state index contributed by atoms with van der Waals surface area (Å²) in [6, 6.07) is 3.99. The maximum Gasteiger partial charge on any atom is 0.272 e. The second kappa shape index (κ2) is 7.38. The highest BCUT2D eigenvalue weighted by atomic mass is 35.5. The van der Waals surface area contributed by atoms with Gasteiger partial charge in [-0.15, -0.1) is 0 Å². The van der Waals surface area contributed by atoms with Crippen LogP contribution in [-0.4, -0.2) is 39.7 Å². The van der Waals surface area contributed by atoms with E-state index >= 15 is 0 Å². The molecule has 2 N–H and O–H groups in total. The van der Waals surface area contributed by atoms with Gasteiger partial charge in [-0.05, 0) is 25.5 Å². The first-order chi connectivity index (χ1) is 12.0. The Labute approximate surface area is 153 Å². The maximum absolute atomic E-state index is 12.3. The van der Waals surface area contributed by atoms with E-state index in [1.807, 2.05) is 0 Å². The van der Waals surface area contributed by atoms with Crippen molar-refractivity contribution in [3.8, 4) is 5.69 Å². The molecule has 1 aromatic carbocycles. The molecule has 0 saturated carbocycles. The maximum atomic E-state index is 12.3. The normalized spacial score (nSPS) is 17.3. The molecule has 1 saturated heterocycles. The number of nitro benzene ring substituents is 1. The Morgan fingerprint density at radius 1 is 1.40 bits per heavy atom. The lowest BCUT2D eigenvalue weighted by Crippen LogP contribution is -2.45. The van der Waals surface area contributed by atoms with Crippen molar-refractivity contribution in [1.82, 2.24) is 20.4 Å². The summed E-state index contributed by atoms with van der Waals surface area (Å²) in [5.41, 5.74) is 0.289. The molecule has 1 atom stereocenters. The zero-order chi connectivity index (χ0) is 18.0. The molecule has 2 heterocycles. The summed E-state index contributed by atoms with van der Waals surface area (Å²) in [6.45, 7) is 1.69. The fourth-order valence-electron chi connectivity index (χ4n) is 2.68. The number of benzene rings is 1. The molecule has 25 heavy (non-hydrogen) atoms. The predicted molar refractivity (Wildman–Crippen MR) is 93.6 cm³/mol. The van der Waals surface area contributed by atoms with Crippen LogP contribution in [-0.2, 0) is 0 Å². The minimum atomic E-state index is -0.582. The summed E-state index contributed by atoms with van der Waals surface area (Å²) < 4.78 is 1.34. The average Bonchev–Trinajstić information content (AvgIpc) is 3.04. The summed E-state index contributed by atoms with van der Waals surface area (Å²) >= 11 is 12.2. The Kier molecular flexibility index (Phi) is 5.22. The van der Waals surface area contributed by atoms with Gasteiger partial charge in [0.2, 0.25) is 0 Å². The molecule has 1 aliphatic heterocycles. The van der Waals surface area contributed by atoms with E-state index in [1.165, 1.54) is 23.0 Å². The number of non-ortho nitro benzene ring substituents is 1. The second-order valence-corrected chi connectivity index (χ2v) is 6.49. The van der Waals surface area contributed by atoms with Crippen molar-refractivity contribution in [1.29, 1.82) is 0 Å². The van der Waals surface area contributed by atoms with Crippen molar-refractivity contribution in [2.45, 2.75) is 18.9 Å². The number of nitrogens with one attached hydrogen (secondary N) is 2. The Morgan fingerprint density at radius 3 is 2.72 bits per heavy atom. The van der Waals surface area contributed by atoms with E-state index < -0.39 is 4.92 Å². The molecule has 132 valence electrons. The van der Waals surface area contributed by atoms with Gasteiger partial charge in [0.25, 0.3) is 11.6 Å². The number of nitro groups is 1. The summed E-state index contributed by atoms with van der Waals surface area (Å²) in [5.74, 6) is -0.290. The van der Waals surface area contributed by atoms with E-state index in [-0.39, 0.29) is 39.1 Å². The number of halogens is 2. The first-order valence-electron chi connectivity index (χ1n) is 7.67. The quantitative estimate of drug-likeness (QED) is 0.623. The number of hydrogen-bond donors (Lipinski definition) is 2. The monoisotopic (exact) mass is 383 g/mol. The van der Waals surface area contributed by atoms with Gasteiger partial charge in [0.05, 0.1) is 15.0 Å². The van der Waals surface area contributed by atoms with Gasteiger partial charge in [-0.3, -0.25) is 14.9 Å². The van der Waals surface area contributed by atoms with Crippen LogP contribution in [0, 0.1) is 10.1 Å². The second-order valence-electron chi connectivity index (χ2n) is 5.68. The Balaban J connectivity index is 1.81. The van der Waals surface area contributed by atoms with Crippen molar-refractivity contribution in [3.05, 3.63) is 50.2 Å². The van der Waals surface area contributed by atoms with Crippen LogP contribution in [0.4, 0.5) is 5.69 Å². The van der Waals surface area contributed by atoms with E-state index in [0.717, 1.165) is 25.9 Å². The highest BCUT2D eigenvalue weighted by Crippen LogP contribution is 2.32. The number of carbonyl (C=O) groups excluding carboxylic acids is 1. The van der Waals surface area contributed by atoms with Crippen molar-refractivity contribution in [3.63, 3.8) is 0 Å². The molecule has 2 aromatic rings. The van der Waals surface area contributed by atoms with Crippen molar-refractivity contribution in [2.75, 3.05) is 13.1 Å². The predicted octanol–water partition coefficient (Wildman–Crippen LogP) is 2.57.